The highest BCUT2D eigenvalue weighted by Gasteiger charge is 2.21. The highest BCUT2D eigenvalue weighted by molar-refractivity contribution is 6.33. The highest BCUT2D eigenvalue weighted by Crippen LogP contribution is 2.28. The fraction of sp³-hybridized carbons (Fsp3) is 0.143. The van der Waals surface area contributed by atoms with Crippen molar-refractivity contribution in [2.45, 2.75) is 13.1 Å². The van der Waals surface area contributed by atoms with Crippen LogP contribution in [-0.4, -0.2) is 16.1 Å². The molecule has 0 atom stereocenters. The number of aromatic nitrogens is 1. The van der Waals surface area contributed by atoms with Crippen molar-refractivity contribution >= 4 is 23.4 Å². The summed E-state index contributed by atoms with van der Waals surface area (Å²) in [6.45, 7) is 1.48. The first kappa shape index (κ1) is 12.0. The van der Waals surface area contributed by atoms with Crippen molar-refractivity contribution in [3.63, 3.8) is 0 Å². The molecule has 1 aromatic carbocycles. The maximum atomic E-state index is 11.0. The summed E-state index contributed by atoms with van der Waals surface area (Å²) < 4.78 is 0. The Kier molecular flexibility index (Phi) is 2.87. The number of carboxylic acid groups (broad SMARTS) is 1. The van der Waals surface area contributed by atoms with Crippen molar-refractivity contribution in [2.24, 2.45) is 0 Å². The van der Waals surface area contributed by atoms with Gasteiger partial charge in [-0.2, -0.15) is 0 Å². The summed E-state index contributed by atoms with van der Waals surface area (Å²) in [4.78, 5) is 17.2. The zero-order chi connectivity index (χ0) is 13.4. The molecule has 1 aliphatic rings. The van der Waals surface area contributed by atoms with Gasteiger partial charge in [0, 0.05) is 13.1 Å². The predicted octanol–water partition coefficient (Wildman–Crippen LogP) is 2.95. The molecular formula is C14H11ClN2O2. The van der Waals surface area contributed by atoms with Crippen LogP contribution in [0.2, 0.25) is 5.02 Å². The lowest BCUT2D eigenvalue weighted by atomic mass is 10.1. The van der Waals surface area contributed by atoms with Crippen molar-refractivity contribution in [2.75, 3.05) is 4.90 Å². The molecule has 0 saturated carbocycles. The van der Waals surface area contributed by atoms with Crippen molar-refractivity contribution in [3.05, 3.63) is 58.2 Å². The molecule has 1 aliphatic heterocycles. The lowest BCUT2D eigenvalue weighted by molar-refractivity contribution is 0.0691. The molecule has 0 fully saturated rings. The third-order valence-electron chi connectivity index (χ3n) is 3.20. The topological polar surface area (TPSA) is 53.4 Å². The molecule has 0 amide bonds. The SMILES string of the molecule is O=C(O)c1nc(N2Cc3ccccc3C2)ccc1Cl. The van der Waals surface area contributed by atoms with Gasteiger partial charge in [-0.05, 0) is 23.3 Å². The van der Waals surface area contributed by atoms with Crippen molar-refractivity contribution in [1.29, 1.82) is 0 Å². The van der Waals surface area contributed by atoms with Crippen LogP contribution in [0.3, 0.4) is 0 Å². The molecule has 1 N–H and O–H groups in total. The number of hydrogen-bond donors (Lipinski definition) is 1. The van der Waals surface area contributed by atoms with E-state index in [0.717, 1.165) is 13.1 Å². The quantitative estimate of drug-likeness (QED) is 0.915. The number of nitrogens with zero attached hydrogens (tertiary/aromatic N) is 2. The number of benzene rings is 1. The van der Waals surface area contributed by atoms with Crippen molar-refractivity contribution in [1.82, 2.24) is 4.98 Å². The summed E-state index contributed by atoms with van der Waals surface area (Å²) in [5.74, 6) is -0.471. The number of fused-ring (bicyclic) bond motifs is 1. The predicted molar refractivity (Wildman–Crippen MR) is 72.5 cm³/mol. The van der Waals surface area contributed by atoms with E-state index in [4.69, 9.17) is 16.7 Å². The van der Waals surface area contributed by atoms with Gasteiger partial charge in [0.1, 0.15) is 5.82 Å². The molecule has 0 aliphatic carbocycles. The van der Waals surface area contributed by atoms with E-state index in [-0.39, 0.29) is 10.7 Å². The fourth-order valence-corrected chi connectivity index (χ4v) is 2.44. The minimum atomic E-state index is -1.11. The molecule has 0 spiro atoms. The van der Waals surface area contributed by atoms with Gasteiger partial charge in [-0.3, -0.25) is 0 Å². The van der Waals surface area contributed by atoms with E-state index in [0.29, 0.717) is 5.82 Å². The number of hydrogen-bond acceptors (Lipinski definition) is 3. The van der Waals surface area contributed by atoms with Gasteiger partial charge in [-0.25, -0.2) is 9.78 Å². The van der Waals surface area contributed by atoms with Crippen LogP contribution in [0.4, 0.5) is 5.82 Å². The first-order valence-electron chi connectivity index (χ1n) is 5.87. The molecule has 96 valence electrons. The van der Waals surface area contributed by atoms with Gasteiger partial charge in [0.05, 0.1) is 5.02 Å². The second kappa shape index (κ2) is 4.55. The smallest absolute Gasteiger partial charge is 0.356 e. The van der Waals surface area contributed by atoms with Crippen LogP contribution < -0.4 is 4.90 Å². The summed E-state index contributed by atoms with van der Waals surface area (Å²) in [5, 5.41) is 9.20. The Morgan fingerprint density at radius 2 is 1.79 bits per heavy atom. The van der Waals surface area contributed by atoms with Crippen molar-refractivity contribution < 1.29 is 9.90 Å². The van der Waals surface area contributed by atoms with E-state index in [2.05, 4.69) is 17.1 Å². The molecule has 3 rings (SSSR count). The third-order valence-corrected chi connectivity index (χ3v) is 3.50. The molecule has 5 heteroatoms. The van der Waals surface area contributed by atoms with Crippen LogP contribution in [0.1, 0.15) is 21.6 Å². The zero-order valence-corrected chi connectivity index (χ0v) is 10.8. The van der Waals surface area contributed by atoms with Crippen LogP contribution in [-0.2, 0) is 13.1 Å². The first-order valence-corrected chi connectivity index (χ1v) is 6.24. The summed E-state index contributed by atoms with van der Waals surface area (Å²) in [6, 6.07) is 11.5. The normalized spacial score (nSPS) is 13.4. The number of halogens is 1. The van der Waals surface area contributed by atoms with Gasteiger partial charge in [0.25, 0.3) is 0 Å². The van der Waals surface area contributed by atoms with E-state index in [9.17, 15) is 4.79 Å². The van der Waals surface area contributed by atoms with E-state index in [1.807, 2.05) is 17.0 Å². The van der Waals surface area contributed by atoms with E-state index >= 15 is 0 Å². The summed E-state index contributed by atoms with van der Waals surface area (Å²) in [7, 11) is 0. The summed E-state index contributed by atoms with van der Waals surface area (Å²) >= 11 is 5.83. The Hall–Kier alpha value is -2.07. The lowest BCUT2D eigenvalue weighted by Gasteiger charge is -2.17. The van der Waals surface area contributed by atoms with Gasteiger partial charge in [0.2, 0.25) is 0 Å². The molecule has 4 nitrogen and oxygen atoms in total. The van der Waals surface area contributed by atoms with Gasteiger partial charge in [-0.15, -0.1) is 0 Å². The molecule has 0 radical (unpaired) electrons. The third kappa shape index (κ3) is 2.15. The molecule has 1 aromatic heterocycles. The number of aromatic carboxylic acids is 1. The minimum absolute atomic E-state index is 0.102. The van der Waals surface area contributed by atoms with Crippen LogP contribution in [0, 0.1) is 0 Å². The molecule has 0 saturated heterocycles. The minimum Gasteiger partial charge on any atom is -0.476 e. The standard InChI is InChI=1S/C14H11ClN2O2/c15-11-5-6-12(16-13(11)14(18)19)17-7-9-3-1-2-4-10(9)8-17/h1-6H,7-8H2,(H,18,19). The number of carboxylic acids is 1. The van der Waals surface area contributed by atoms with Gasteiger partial charge in [0.15, 0.2) is 5.69 Å². The molecule has 19 heavy (non-hydrogen) atoms. The van der Waals surface area contributed by atoms with Crippen LogP contribution in [0.25, 0.3) is 0 Å². The lowest BCUT2D eigenvalue weighted by Crippen LogP contribution is -2.17. The second-order valence-corrected chi connectivity index (χ2v) is 4.84. The van der Waals surface area contributed by atoms with E-state index < -0.39 is 5.97 Å². The molecular weight excluding hydrogens is 264 g/mol. The monoisotopic (exact) mass is 274 g/mol. The Bertz CT molecular complexity index is 633. The average Bonchev–Trinajstić information content (AvgIpc) is 2.82. The maximum absolute atomic E-state index is 11.0. The van der Waals surface area contributed by atoms with Gasteiger partial charge in [-0.1, -0.05) is 35.9 Å². The van der Waals surface area contributed by atoms with Gasteiger partial charge >= 0.3 is 5.97 Å². The molecule has 2 heterocycles. The number of anilines is 1. The fourth-order valence-electron chi connectivity index (χ4n) is 2.25. The number of rotatable bonds is 2. The number of carbonyl (C=O) groups is 1. The Morgan fingerprint density at radius 3 is 2.37 bits per heavy atom. The van der Waals surface area contributed by atoms with Gasteiger partial charge < -0.3 is 10.0 Å². The first-order chi connectivity index (χ1) is 9.15. The van der Waals surface area contributed by atoms with E-state index in [1.165, 1.54) is 11.1 Å². The molecule has 2 aromatic rings. The van der Waals surface area contributed by atoms with Crippen LogP contribution >= 0.6 is 11.6 Å². The second-order valence-electron chi connectivity index (χ2n) is 4.43. The number of pyridine rings is 1. The zero-order valence-electron chi connectivity index (χ0n) is 10.0. The Balaban J connectivity index is 1.93. The summed E-state index contributed by atoms with van der Waals surface area (Å²) in [6.07, 6.45) is 0. The van der Waals surface area contributed by atoms with Crippen LogP contribution in [0.15, 0.2) is 36.4 Å². The Labute approximate surface area is 115 Å². The highest BCUT2D eigenvalue weighted by atomic mass is 35.5. The van der Waals surface area contributed by atoms with Crippen molar-refractivity contribution in [3.8, 4) is 0 Å². The van der Waals surface area contributed by atoms with Crippen LogP contribution in [0.5, 0.6) is 0 Å². The Morgan fingerprint density at radius 1 is 1.16 bits per heavy atom. The average molecular weight is 275 g/mol. The van der Waals surface area contributed by atoms with E-state index in [1.54, 1.807) is 12.1 Å². The largest absolute Gasteiger partial charge is 0.476 e. The maximum Gasteiger partial charge on any atom is 0.356 e. The molecule has 0 bridgehead atoms. The summed E-state index contributed by atoms with van der Waals surface area (Å²) in [5.41, 5.74) is 2.39. The molecule has 0 unspecified atom stereocenters.